The summed E-state index contributed by atoms with van der Waals surface area (Å²) in [6, 6.07) is 10.7. The van der Waals surface area contributed by atoms with Crippen molar-refractivity contribution >= 4 is 51.0 Å². The third-order valence-corrected chi connectivity index (χ3v) is 8.30. The van der Waals surface area contributed by atoms with E-state index < -0.39 is 28.1 Å². The monoisotopic (exact) mass is 550 g/mol. The number of nitrogens with zero attached hydrogens (tertiary/aromatic N) is 4. The number of halogens is 2. The highest BCUT2D eigenvalue weighted by atomic mass is 35.5. The molecule has 2 amide bonds. The average Bonchev–Trinajstić information content (AvgIpc) is 3.32. The Hall–Kier alpha value is -3.54. The van der Waals surface area contributed by atoms with Crippen LogP contribution in [0.2, 0.25) is 10.0 Å². The van der Waals surface area contributed by atoms with Crippen LogP contribution in [-0.2, 0) is 14.8 Å². The van der Waals surface area contributed by atoms with Crippen molar-refractivity contribution in [2.45, 2.75) is 17.9 Å². The Morgan fingerprint density at radius 1 is 1.08 bits per heavy atom. The smallest absolute Gasteiger partial charge is 0.417 e. The van der Waals surface area contributed by atoms with E-state index in [-0.39, 0.29) is 32.0 Å². The van der Waals surface area contributed by atoms with Gasteiger partial charge in [0.2, 0.25) is 0 Å². The van der Waals surface area contributed by atoms with Gasteiger partial charge >= 0.3 is 6.09 Å². The minimum atomic E-state index is -4.31. The quantitative estimate of drug-likeness (QED) is 0.499. The van der Waals surface area contributed by atoms with E-state index in [1.165, 1.54) is 67.4 Å². The van der Waals surface area contributed by atoms with Crippen LogP contribution in [0.1, 0.15) is 18.5 Å². The highest BCUT2D eigenvalue weighted by Gasteiger charge is 2.41. The van der Waals surface area contributed by atoms with E-state index in [9.17, 15) is 23.1 Å². The van der Waals surface area contributed by atoms with E-state index in [2.05, 4.69) is 5.10 Å². The second kappa shape index (κ2) is 9.49. The molecule has 0 spiro atoms. The molecule has 10 nitrogen and oxygen atoms in total. The van der Waals surface area contributed by atoms with Crippen LogP contribution in [0.25, 0.3) is 0 Å². The number of amides is 2. The summed E-state index contributed by atoms with van der Waals surface area (Å²) < 4.78 is 33.6. The van der Waals surface area contributed by atoms with Gasteiger partial charge in [0, 0.05) is 18.8 Å². The van der Waals surface area contributed by atoms with Crippen molar-refractivity contribution in [3.63, 3.8) is 0 Å². The number of fused-ring (bicyclic) bond motifs is 1. The number of carboxylic acid groups (broad SMARTS) is 1. The van der Waals surface area contributed by atoms with Crippen LogP contribution >= 0.6 is 23.2 Å². The molecule has 36 heavy (non-hydrogen) atoms. The van der Waals surface area contributed by atoms with Crippen LogP contribution in [0.15, 0.2) is 70.9 Å². The van der Waals surface area contributed by atoms with Gasteiger partial charge in [0.25, 0.3) is 15.9 Å². The maximum atomic E-state index is 13.8. The minimum Gasteiger partial charge on any atom is -0.497 e. The molecule has 2 aromatic carbocycles. The Kier molecular flexibility index (Phi) is 6.74. The zero-order valence-corrected chi connectivity index (χ0v) is 21.5. The van der Waals surface area contributed by atoms with Gasteiger partial charge in [-0.3, -0.25) is 4.79 Å². The minimum absolute atomic E-state index is 0.0216. The van der Waals surface area contributed by atoms with E-state index in [0.717, 1.165) is 11.9 Å². The third-order valence-electron chi connectivity index (χ3n) is 5.81. The summed E-state index contributed by atoms with van der Waals surface area (Å²) in [5.41, 5.74) is 0.359. The van der Waals surface area contributed by atoms with E-state index in [0.29, 0.717) is 15.6 Å². The fourth-order valence-corrected chi connectivity index (χ4v) is 5.40. The predicted octanol–water partition coefficient (Wildman–Crippen LogP) is 4.41. The molecule has 1 aliphatic rings. The molecule has 13 heteroatoms. The average molecular weight is 551 g/mol. The Balaban J connectivity index is 1.88. The first-order valence-electron chi connectivity index (χ1n) is 10.4. The van der Waals surface area contributed by atoms with Gasteiger partial charge < -0.3 is 9.84 Å². The van der Waals surface area contributed by atoms with Crippen molar-refractivity contribution in [2.24, 2.45) is 0 Å². The van der Waals surface area contributed by atoms with Crippen molar-refractivity contribution in [1.29, 1.82) is 0 Å². The lowest BCUT2D eigenvalue weighted by molar-refractivity contribution is -0.122. The third kappa shape index (κ3) is 4.19. The zero-order chi connectivity index (χ0) is 26.4. The molecule has 1 N–H and O–H groups in total. The molecule has 0 fully saturated rings. The predicted molar refractivity (Wildman–Crippen MR) is 133 cm³/mol. The lowest BCUT2D eigenvalue weighted by Crippen LogP contribution is -2.43. The molecular formula is C23H20Cl2N4O6S. The summed E-state index contributed by atoms with van der Waals surface area (Å²) >= 11 is 12.3. The summed E-state index contributed by atoms with van der Waals surface area (Å²) in [5.74, 6) is -0.322. The number of ether oxygens (including phenoxy) is 1. The maximum absolute atomic E-state index is 13.8. The largest absolute Gasteiger partial charge is 0.497 e. The number of aromatic nitrogens is 2. The number of hydrogen-bond acceptors (Lipinski definition) is 6. The van der Waals surface area contributed by atoms with E-state index in [1.54, 1.807) is 6.07 Å². The second-order valence-electron chi connectivity index (χ2n) is 7.78. The number of hydrogen-bond donors (Lipinski definition) is 1. The summed E-state index contributed by atoms with van der Waals surface area (Å²) in [5, 5.41) is 14.6. The van der Waals surface area contributed by atoms with Gasteiger partial charge in [0.1, 0.15) is 17.6 Å². The molecule has 4 rings (SSSR count). The number of carbonyl (C=O) groups excluding carboxylic acids is 1. The summed E-state index contributed by atoms with van der Waals surface area (Å²) in [6.45, 7) is 1.43. The van der Waals surface area contributed by atoms with Crippen molar-refractivity contribution < 1.29 is 27.9 Å². The SMILES string of the molecule is COc1ccc(S(=O)(=O)N(C)C(=O)C2=C(C)N(C(=O)O)c3ccnn3C2c2ccc(Cl)c(Cl)c2)cc1. The molecule has 0 aliphatic carbocycles. The van der Waals surface area contributed by atoms with Crippen LogP contribution in [0.4, 0.5) is 10.6 Å². The second-order valence-corrected chi connectivity index (χ2v) is 10.6. The number of methoxy groups -OCH3 is 1. The molecule has 0 saturated heterocycles. The molecule has 3 aromatic rings. The summed E-state index contributed by atoms with van der Waals surface area (Å²) in [4.78, 5) is 26.7. The molecule has 0 radical (unpaired) electrons. The molecule has 0 saturated carbocycles. The van der Waals surface area contributed by atoms with Crippen molar-refractivity contribution in [3.8, 4) is 5.75 Å². The summed E-state index contributed by atoms with van der Waals surface area (Å²) in [6.07, 6.45) is 0.0155. The normalized spacial score (nSPS) is 15.5. The topological polar surface area (TPSA) is 122 Å². The fourth-order valence-electron chi connectivity index (χ4n) is 3.98. The molecular weight excluding hydrogens is 531 g/mol. The Morgan fingerprint density at radius 3 is 2.33 bits per heavy atom. The van der Waals surface area contributed by atoms with Crippen LogP contribution in [-0.4, -0.2) is 53.8 Å². The molecule has 1 aromatic heterocycles. The molecule has 2 heterocycles. The first kappa shape index (κ1) is 25.5. The number of rotatable bonds is 5. The number of anilines is 1. The molecule has 1 aliphatic heterocycles. The van der Waals surface area contributed by atoms with Gasteiger partial charge in [0.15, 0.2) is 0 Å². The van der Waals surface area contributed by atoms with Crippen molar-refractivity contribution in [1.82, 2.24) is 14.1 Å². The number of carbonyl (C=O) groups is 2. The van der Waals surface area contributed by atoms with Crippen LogP contribution < -0.4 is 9.64 Å². The number of benzene rings is 2. The lowest BCUT2D eigenvalue weighted by atomic mass is 9.94. The number of sulfonamides is 1. The Labute approximate surface area is 216 Å². The number of allylic oxidation sites excluding steroid dienone is 1. The fraction of sp³-hybridized carbons (Fsp3) is 0.174. The van der Waals surface area contributed by atoms with E-state index in [4.69, 9.17) is 27.9 Å². The first-order chi connectivity index (χ1) is 17.0. The first-order valence-corrected chi connectivity index (χ1v) is 12.6. The van der Waals surface area contributed by atoms with Gasteiger partial charge in [-0.25, -0.2) is 27.1 Å². The zero-order valence-electron chi connectivity index (χ0n) is 19.2. The van der Waals surface area contributed by atoms with Gasteiger partial charge in [-0.05, 0) is 48.9 Å². The highest BCUT2D eigenvalue weighted by molar-refractivity contribution is 7.89. The van der Waals surface area contributed by atoms with Crippen LogP contribution in [0.5, 0.6) is 5.75 Å². The Bertz CT molecular complexity index is 1500. The molecule has 0 bridgehead atoms. The Morgan fingerprint density at radius 2 is 1.75 bits per heavy atom. The molecule has 1 unspecified atom stereocenters. The van der Waals surface area contributed by atoms with Crippen LogP contribution in [0, 0.1) is 0 Å². The summed E-state index contributed by atoms with van der Waals surface area (Å²) in [7, 11) is -1.76. The van der Waals surface area contributed by atoms with Crippen LogP contribution in [0.3, 0.4) is 0 Å². The van der Waals surface area contributed by atoms with E-state index in [1.807, 2.05) is 0 Å². The van der Waals surface area contributed by atoms with Gasteiger partial charge in [-0.15, -0.1) is 0 Å². The highest BCUT2D eigenvalue weighted by Crippen LogP contribution is 2.41. The number of likely N-dealkylation sites (N-methyl/N-ethyl adjacent to an activating group) is 1. The lowest BCUT2D eigenvalue weighted by Gasteiger charge is -2.35. The standard InChI is InChI=1S/C23H20Cl2N4O6S/c1-13-20(22(30)27(2)36(33,34)16-7-5-15(35-3)6-8-16)21(14-4-9-17(24)18(25)12-14)29-19(10-11-26-29)28(13)23(31)32/h4-12,21H,1-3H3,(H,31,32). The van der Waals surface area contributed by atoms with Gasteiger partial charge in [-0.2, -0.15) is 5.10 Å². The molecule has 188 valence electrons. The maximum Gasteiger partial charge on any atom is 0.417 e. The van der Waals surface area contributed by atoms with Crippen molar-refractivity contribution in [3.05, 3.63) is 81.6 Å². The van der Waals surface area contributed by atoms with Gasteiger partial charge in [0.05, 0.1) is 33.8 Å². The molecule has 1 atom stereocenters. The van der Waals surface area contributed by atoms with E-state index >= 15 is 0 Å². The van der Waals surface area contributed by atoms with Crippen molar-refractivity contribution in [2.75, 3.05) is 19.1 Å². The van der Waals surface area contributed by atoms with Gasteiger partial charge in [-0.1, -0.05) is 29.3 Å².